The van der Waals surface area contributed by atoms with E-state index in [-0.39, 0.29) is 11.8 Å². The summed E-state index contributed by atoms with van der Waals surface area (Å²) < 4.78 is 5.79. The number of fused-ring (bicyclic) bond motifs is 1. The van der Waals surface area contributed by atoms with Crippen LogP contribution in [0.25, 0.3) is 0 Å². The number of unbranched alkanes of at least 4 members (excludes halogenated alkanes) is 3. The topological polar surface area (TPSA) is 58.6 Å². The summed E-state index contributed by atoms with van der Waals surface area (Å²) in [6.07, 6.45) is 6.60. The maximum atomic E-state index is 13.2. The van der Waals surface area contributed by atoms with Gasteiger partial charge in [0.2, 0.25) is 5.91 Å². The van der Waals surface area contributed by atoms with Gasteiger partial charge in [0, 0.05) is 18.2 Å². The molecular weight excluding hydrogens is 388 g/mol. The molecule has 5 heteroatoms. The molecule has 3 rings (SSSR count). The molecule has 1 unspecified atom stereocenters. The number of benzene rings is 2. The van der Waals surface area contributed by atoms with Crippen LogP contribution in [-0.4, -0.2) is 18.4 Å². The van der Waals surface area contributed by atoms with Crippen LogP contribution < -0.4 is 15.0 Å². The summed E-state index contributed by atoms with van der Waals surface area (Å²) in [5.74, 6) is 0.567. The Morgan fingerprint density at radius 2 is 1.71 bits per heavy atom. The zero-order valence-electron chi connectivity index (χ0n) is 18.9. The minimum absolute atomic E-state index is 0.0854. The Kier molecular flexibility index (Phi) is 8.10. The number of hydrogen-bond donors (Lipinski definition) is 1. The Morgan fingerprint density at radius 1 is 1.00 bits per heavy atom. The van der Waals surface area contributed by atoms with E-state index in [0.29, 0.717) is 6.54 Å². The maximum absolute atomic E-state index is 13.2. The molecule has 1 aliphatic rings. The third-order valence-electron chi connectivity index (χ3n) is 5.65. The van der Waals surface area contributed by atoms with Gasteiger partial charge in [-0.3, -0.25) is 9.59 Å². The lowest BCUT2D eigenvalue weighted by Gasteiger charge is -2.18. The highest BCUT2D eigenvalue weighted by Crippen LogP contribution is 2.38. The minimum atomic E-state index is -0.616. The molecule has 0 saturated carbocycles. The van der Waals surface area contributed by atoms with Gasteiger partial charge in [0.1, 0.15) is 11.8 Å². The number of carbonyl (C=O) groups is 2. The third-order valence-corrected chi connectivity index (χ3v) is 5.65. The monoisotopic (exact) mass is 422 g/mol. The SMILES string of the molecule is CCCCCOc1ccc(CN2C(=O)C(NC(C)=O)c3cc(CCCC)ccc32)cc1. The van der Waals surface area contributed by atoms with Gasteiger partial charge in [0.25, 0.3) is 5.91 Å². The summed E-state index contributed by atoms with van der Waals surface area (Å²) in [5, 5.41) is 2.84. The molecule has 2 aromatic carbocycles. The van der Waals surface area contributed by atoms with E-state index in [9.17, 15) is 9.59 Å². The quantitative estimate of drug-likeness (QED) is 0.499. The van der Waals surface area contributed by atoms with Crippen LogP contribution in [0.1, 0.15) is 75.6 Å². The number of carbonyl (C=O) groups excluding carboxylic acids is 2. The predicted molar refractivity (Wildman–Crippen MR) is 124 cm³/mol. The Hall–Kier alpha value is -2.82. The lowest BCUT2D eigenvalue weighted by Crippen LogP contribution is -2.36. The van der Waals surface area contributed by atoms with Gasteiger partial charge in [-0.15, -0.1) is 0 Å². The number of amides is 2. The molecule has 1 aliphatic heterocycles. The van der Waals surface area contributed by atoms with Crippen LogP contribution in [-0.2, 0) is 22.6 Å². The van der Waals surface area contributed by atoms with Gasteiger partial charge in [-0.25, -0.2) is 0 Å². The number of nitrogens with zero attached hydrogens (tertiary/aromatic N) is 1. The van der Waals surface area contributed by atoms with Gasteiger partial charge in [-0.1, -0.05) is 57.4 Å². The minimum Gasteiger partial charge on any atom is -0.494 e. The molecule has 166 valence electrons. The van der Waals surface area contributed by atoms with Gasteiger partial charge in [-0.05, 0) is 48.6 Å². The first-order valence-corrected chi connectivity index (χ1v) is 11.5. The van der Waals surface area contributed by atoms with Gasteiger partial charge in [0.15, 0.2) is 0 Å². The van der Waals surface area contributed by atoms with Crippen LogP contribution >= 0.6 is 0 Å². The fourth-order valence-corrected chi connectivity index (χ4v) is 3.95. The molecule has 2 amide bonds. The van der Waals surface area contributed by atoms with Crippen molar-refractivity contribution >= 4 is 17.5 Å². The number of rotatable bonds is 11. The molecule has 5 nitrogen and oxygen atoms in total. The first-order valence-electron chi connectivity index (χ1n) is 11.5. The molecule has 31 heavy (non-hydrogen) atoms. The average Bonchev–Trinajstić information content (AvgIpc) is 3.01. The van der Waals surface area contributed by atoms with Crippen LogP contribution in [0, 0.1) is 0 Å². The van der Waals surface area contributed by atoms with E-state index >= 15 is 0 Å². The first-order chi connectivity index (χ1) is 15.0. The van der Waals surface area contributed by atoms with E-state index in [4.69, 9.17) is 4.74 Å². The Labute approximate surface area is 185 Å². The van der Waals surface area contributed by atoms with E-state index in [0.717, 1.165) is 54.9 Å². The molecular formula is C26H34N2O3. The van der Waals surface area contributed by atoms with Crippen LogP contribution in [0.2, 0.25) is 0 Å². The van der Waals surface area contributed by atoms with E-state index in [1.807, 2.05) is 30.3 Å². The van der Waals surface area contributed by atoms with E-state index < -0.39 is 6.04 Å². The molecule has 0 aliphatic carbocycles. The van der Waals surface area contributed by atoms with Gasteiger partial charge < -0.3 is 15.0 Å². The maximum Gasteiger partial charge on any atom is 0.254 e. The van der Waals surface area contributed by atoms with Gasteiger partial charge >= 0.3 is 0 Å². The molecule has 1 heterocycles. The summed E-state index contributed by atoms with van der Waals surface area (Å²) >= 11 is 0. The second kappa shape index (κ2) is 11.0. The van der Waals surface area contributed by atoms with Crippen LogP contribution in [0.5, 0.6) is 5.75 Å². The smallest absolute Gasteiger partial charge is 0.254 e. The number of ether oxygens (including phenoxy) is 1. The van der Waals surface area contributed by atoms with Gasteiger partial charge in [0.05, 0.1) is 13.2 Å². The summed E-state index contributed by atoms with van der Waals surface area (Å²) in [4.78, 5) is 26.7. The van der Waals surface area contributed by atoms with Gasteiger partial charge in [-0.2, -0.15) is 0 Å². The van der Waals surface area contributed by atoms with Crippen molar-refractivity contribution in [1.82, 2.24) is 5.32 Å². The number of hydrogen-bond acceptors (Lipinski definition) is 3. The molecule has 0 radical (unpaired) electrons. The van der Waals surface area contributed by atoms with Crippen molar-refractivity contribution in [2.75, 3.05) is 11.5 Å². The first kappa shape index (κ1) is 22.9. The molecule has 1 atom stereocenters. The highest BCUT2D eigenvalue weighted by molar-refractivity contribution is 6.06. The van der Waals surface area contributed by atoms with Crippen molar-refractivity contribution in [2.24, 2.45) is 0 Å². The highest BCUT2D eigenvalue weighted by Gasteiger charge is 2.37. The fraction of sp³-hybridized carbons (Fsp3) is 0.462. The fourth-order valence-electron chi connectivity index (χ4n) is 3.95. The molecule has 0 saturated heterocycles. The van der Waals surface area contributed by atoms with E-state index in [1.165, 1.54) is 25.3 Å². The van der Waals surface area contributed by atoms with Crippen LogP contribution in [0.15, 0.2) is 42.5 Å². The van der Waals surface area contributed by atoms with E-state index in [2.05, 4.69) is 31.3 Å². The van der Waals surface area contributed by atoms with Crippen molar-refractivity contribution in [3.05, 3.63) is 59.2 Å². The van der Waals surface area contributed by atoms with Crippen molar-refractivity contribution in [1.29, 1.82) is 0 Å². The zero-order chi connectivity index (χ0) is 22.2. The van der Waals surface area contributed by atoms with Crippen LogP contribution in [0.4, 0.5) is 5.69 Å². The van der Waals surface area contributed by atoms with Crippen molar-refractivity contribution < 1.29 is 14.3 Å². The summed E-state index contributed by atoms with van der Waals surface area (Å²) in [5.41, 5.74) is 4.00. The third kappa shape index (κ3) is 5.87. The predicted octanol–water partition coefficient (Wildman–Crippen LogP) is 5.32. The molecule has 0 fully saturated rings. The van der Waals surface area contributed by atoms with Crippen molar-refractivity contribution in [3.63, 3.8) is 0 Å². The Morgan fingerprint density at radius 3 is 2.39 bits per heavy atom. The average molecular weight is 423 g/mol. The van der Waals surface area contributed by atoms with Crippen molar-refractivity contribution in [3.8, 4) is 5.75 Å². The molecule has 0 aromatic heterocycles. The zero-order valence-corrected chi connectivity index (χ0v) is 18.9. The number of anilines is 1. The second-order valence-electron chi connectivity index (χ2n) is 8.25. The highest BCUT2D eigenvalue weighted by atomic mass is 16.5. The molecule has 1 N–H and O–H groups in total. The van der Waals surface area contributed by atoms with Crippen molar-refractivity contribution in [2.45, 2.75) is 71.9 Å². The largest absolute Gasteiger partial charge is 0.494 e. The Bertz CT molecular complexity index is 892. The second-order valence-corrected chi connectivity index (χ2v) is 8.25. The van der Waals surface area contributed by atoms with Crippen LogP contribution in [0.3, 0.4) is 0 Å². The summed E-state index contributed by atoms with van der Waals surface area (Å²) in [6, 6.07) is 13.5. The number of aryl methyl sites for hydroxylation is 1. The normalized spacial score (nSPS) is 15.1. The Balaban J connectivity index is 1.75. The molecule has 0 spiro atoms. The number of nitrogens with one attached hydrogen (secondary N) is 1. The molecule has 2 aromatic rings. The summed E-state index contributed by atoms with van der Waals surface area (Å²) in [6.45, 7) is 6.99. The lowest BCUT2D eigenvalue weighted by molar-refractivity contribution is -0.126. The summed E-state index contributed by atoms with van der Waals surface area (Å²) in [7, 11) is 0. The lowest BCUT2D eigenvalue weighted by atomic mass is 10.0. The molecule has 0 bridgehead atoms. The van der Waals surface area contributed by atoms with E-state index in [1.54, 1.807) is 4.90 Å². The standard InChI is InChI=1S/C26H34N2O3/c1-4-6-8-16-31-22-13-10-21(11-14-22)18-28-24-15-12-20(9-7-5-2)17-23(24)25(26(28)30)27-19(3)29/h10-15,17,25H,4-9,16,18H2,1-3H3,(H,27,29).